The van der Waals surface area contributed by atoms with E-state index in [0.29, 0.717) is 18.5 Å². The number of H-pyrrole nitrogens is 1. The van der Waals surface area contributed by atoms with Crippen LogP contribution in [0.4, 0.5) is 0 Å². The molecule has 0 aliphatic heterocycles. The fourth-order valence-electron chi connectivity index (χ4n) is 3.47. The molecule has 1 aromatic heterocycles. The van der Waals surface area contributed by atoms with Crippen LogP contribution in [0.1, 0.15) is 21.5 Å². The van der Waals surface area contributed by atoms with E-state index >= 15 is 0 Å². The largest absolute Gasteiger partial charge is 0.361 e. The van der Waals surface area contributed by atoms with Gasteiger partial charge in [0.25, 0.3) is 5.91 Å². The summed E-state index contributed by atoms with van der Waals surface area (Å²) in [6.07, 6.45) is 2.29. The predicted molar refractivity (Wildman–Crippen MR) is 118 cm³/mol. The molecule has 1 atom stereocenters. The van der Waals surface area contributed by atoms with Gasteiger partial charge in [-0.05, 0) is 29.3 Å². The van der Waals surface area contributed by atoms with Gasteiger partial charge in [-0.15, -0.1) is 0 Å². The van der Waals surface area contributed by atoms with Crippen LogP contribution >= 0.6 is 0 Å². The molecule has 3 aromatic carbocycles. The van der Waals surface area contributed by atoms with Crippen molar-refractivity contribution in [3.05, 3.63) is 108 Å². The Morgan fingerprint density at radius 1 is 0.833 bits per heavy atom. The molecule has 5 nitrogen and oxygen atoms in total. The van der Waals surface area contributed by atoms with Gasteiger partial charge in [0.05, 0.1) is 0 Å². The summed E-state index contributed by atoms with van der Waals surface area (Å²) in [4.78, 5) is 29.0. The molecular weight excluding hydrogens is 374 g/mol. The maximum atomic E-state index is 13.0. The average Bonchev–Trinajstić information content (AvgIpc) is 3.21. The van der Waals surface area contributed by atoms with Crippen molar-refractivity contribution in [3.8, 4) is 0 Å². The van der Waals surface area contributed by atoms with E-state index in [2.05, 4.69) is 15.6 Å². The van der Waals surface area contributed by atoms with Crippen LogP contribution in [0.15, 0.2) is 91.1 Å². The van der Waals surface area contributed by atoms with Gasteiger partial charge in [0.2, 0.25) is 5.91 Å². The number of amides is 2. The van der Waals surface area contributed by atoms with Gasteiger partial charge >= 0.3 is 0 Å². The summed E-state index contributed by atoms with van der Waals surface area (Å²) in [6.45, 7) is 0.408. The Morgan fingerprint density at radius 3 is 2.27 bits per heavy atom. The molecule has 1 unspecified atom stereocenters. The van der Waals surface area contributed by atoms with E-state index in [1.54, 1.807) is 24.3 Å². The minimum Gasteiger partial charge on any atom is -0.361 e. The Hall–Kier alpha value is -3.86. The lowest BCUT2D eigenvalue weighted by atomic mass is 10.0. The maximum Gasteiger partial charge on any atom is 0.251 e. The van der Waals surface area contributed by atoms with Crippen molar-refractivity contribution in [1.82, 2.24) is 15.6 Å². The van der Waals surface area contributed by atoms with E-state index in [9.17, 15) is 9.59 Å². The molecule has 2 amide bonds. The molecule has 0 bridgehead atoms. The first-order chi connectivity index (χ1) is 14.7. The number of hydrogen-bond acceptors (Lipinski definition) is 2. The van der Waals surface area contributed by atoms with Crippen LogP contribution in [0, 0.1) is 0 Å². The molecule has 0 saturated heterocycles. The second-order valence-electron chi connectivity index (χ2n) is 7.16. The maximum absolute atomic E-state index is 13.0. The first-order valence-corrected chi connectivity index (χ1v) is 9.93. The van der Waals surface area contributed by atoms with Crippen LogP contribution in [0.2, 0.25) is 0 Å². The van der Waals surface area contributed by atoms with Gasteiger partial charge in [0, 0.05) is 35.6 Å². The van der Waals surface area contributed by atoms with Gasteiger partial charge < -0.3 is 15.6 Å². The first-order valence-electron chi connectivity index (χ1n) is 9.93. The summed E-state index contributed by atoms with van der Waals surface area (Å²) in [7, 11) is 0. The van der Waals surface area contributed by atoms with Gasteiger partial charge in [-0.3, -0.25) is 9.59 Å². The van der Waals surface area contributed by atoms with Crippen LogP contribution in [0.25, 0.3) is 10.9 Å². The van der Waals surface area contributed by atoms with Gasteiger partial charge in [0.1, 0.15) is 6.04 Å². The van der Waals surface area contributed by atoms with E-state index in [0.717, 1.165) is 22.0 Å². The molecule has 0 saturated carbocycles. The van der Waals surface area contributed by atoms with Gasteiger partial charge in [-0.1, -0.05) is 66.7 Å². The van der Waals surface area contributed by atoms with E-state index < -0.39 is 6.04 Å². The van der Waals surface area contributed by atoms with Crippen molar-refractivity contribution in [3.63, 3.8) is 0 Å². The Kier molecular flexibility index (Phi) is 5.90. The predicted octanol–water partition coefficient (Wildman–Crippen LogP) is 3.83. The van der Waals surface area contributed by atoms with Gasteiger partial charge in [-0.2, -0.15) is 0 Å². The number of aromatic nitrogens is 1. The average molecular weight is 397 g/mol. The number of nitrogens with one attached hydrogen (secondary N) is 3. The monoisotopic (exact) mass is 397 g/mol. The van der Waals surface area contributed by atoms with E-state index in [4.69, 9.17) is 0 Å². The van der Waals surface area contributed by atoms with Crippen LogP contribution in [-0.4, -0.2) is 22.8 Å². The number of hydrogen-bond donors (Lipinski definition) is 3. The number of aromatic amines is 1. The number of benzene rings is 3. The molecule has 0 aliphatic carbocycles. The molecule has 0 radical (unpaired) electrons. The molecular formula is C25H23N3O2. The zero-order valence-corrected chi connectivity index (χ0v) is 16.5. The number of carbonyl (C=O) groups excluding carboxylic acids is 2. The highest BCUT2D eigenvalue weighted by Crippen LogP contribution is 2.19. The Balaban J connectivity index is 1.53. The number of para-hydroxylation sites is 1. The molecule has 0 aliphatic rings. The topological polar surface area (TPSA) is 74.0 Å². The molecule has 5 heteroatoms. The fraction of sp³-hybridized carbons (Fsp3) is 0.120. The van der Waals surface area contributed by atoms with Crippen molar-refractivity contribution in [1.29, 1.82) is 0 Å². The molecule has 0 fully saturated rings. The molecule has 4 aromatic rings. The molecule has 150 valence electrons. The quantitative estimate of drug-likeness (QED) is 0.443. The number of fused-ring (bicyclic) bond motifs is 1. The van der Waals surface area contributed by atoms with Gasteiger partial charge in [-0.25, -0.2) is 0 Å². The fourth-order valence-corrected chi connectivity index (χ4v) is 3.47. The number of carbonyl (C=O) groups is 2. The summed E-state index contributed by atoms with van der Waals surface area (Å²) < 4.78 is 0. The Labute approximate surface area is 175 Å². The summed E-state index contributed by atoms with van der Waals surface area (Å²) >= 11 is 0. The lowest BCUT2D eigenvalue weighted by Crippen LogP contribution is -2.47. The normalized spacial score (nSPS) is 11.7. The standard InChI is InChI=1S/C25H23N3O2/c29-24(19-11-5-2-6-12-19)28-23(25(30)27-16-18-9-3-1-4-10-18)15-20-17-26-22-14-8-7-13-21(20)22/h1-14,17,23,26H,15-16H2,(H,27,30)(H,28,29). The SMILES string of the molecule is O=C(NC(Cc1c[nH]c2ccccc12)C(=O)NCc1ccccc1)c1ccccc1. The van der Waals surface area contributed by atoms with Crippen molar-refractivity contribution < 1.29 is 9.59 Å². The second kappa shape index (κ2) is 9.09. The van der Waals surface area contributed by atoms with Crippen molar-refractivity contribution in [2.45, 2.75) is 19.0 Å². The minimum atomic E-state index is -0.694. The molecule has 30 heavy (non-hydrogen) atoms. The molecule has 4 rings (SSSR count). The van der Waals surface area contributed by atoms with Crippen LogP contribution in [0.3, 0.4) is 0 Å². The lowest BCUT2D eigenvalue weighted by molar-refractivity contribution is -0.123. The highest BCUT2D eigenvalue weighted by molar-refractivity contribution is 5.97. The van der Waals surface area contributed by atoms with Crippen LogP contribution in [0.5, 0.6) is 0 Å². The molecule has 3 N–H and O–H groups in total. The minimum absolute atomic E-state index is 0.214. The van der Waals surface area contributed by atoms with Gasteiger partial charge in [0.15, 0.2) is 0 Å². The van der Waals surface area contributed by atoms with E-state index in [1.165, 1.54) is 0 Å². The van der Waals surface area contributed by atoms with E-state index in [1.807, 2.05) is 66.9 Å². The first kappa shape index (κ1) is 19.5. The highest BCUT2D eigenvalue weighted by atomic mass is 16.2. The molecule has 1 heterocycles. The zero-order chi connectivity index (χ0) is 20.8. The summed E-state index contributed by atoms with van der Waals surface area (Å²) in [6, 6.07) is 25.9. The smallest absolute Gasteiger partial charge is 0.251 e. The number of rotatable bonds is 7. The summed E-state index contributed by atoms with van der Waals surface area (Å²) in [5, 5.41) is 6.91. The zero-order valence-electron chi connectivity index (χ0n) is 16.5. The van der Waals surface area contributed by atoms with Crippen molar-refractivity contribution in [2.24, 2.45) is 0 Å². The second-order valence-corrected chi connectivity index (χ2v) is 7.16. The molecule has 0 spiro atoms. The van der Waals surface area contributed by atoms with Crippen LogP contribution < -0.4 is 10.6 Å². The van der Waals surface area contributed by atoms with Crippen molar-refractivity contribution in [2.75, 3.05) is 0 Å². The van der Waals surface area contributed by atoms with E-state index in [-0.39, 0.29) is 11.8 Å². The third-order valence-corrected chi connectivity index (χ3v) is 5.07. The Morgan fingerprint density at radius 2 is 1.50 bits per heavy atom. The summed E-state index contributed by atoms with van der Waals surface area (Å²) in [5.41, 5.74) is 3.52. The lowest BCUT2D eigenvalue weighted by Gasteiger charge is -2.18. The Bertz CT molecular complexity index is 1140. The van der Waals surface area contributed by atoms with Crippen LogP contribution in [-0.2, 0) is 17.8 Å². The summed E-state index contributed by atoms with van der Waals surface area (Å²) in [5.74, 6) is -0.483. The highest BCUT2D eigenvalue weighted by Gasteiger charge is 2.23. The third-order valence-electron chi connectivity index (χ3n) is 5.07. The third kappa shape index (κ3) is 4.58. The van der Waals surface area contributed by atoms with Crippen molar-refractivity contribution >= 4 is 22.7 Å².